The van der Waals surface area contributed by atoms with Crippen LogP contribution in [0, 0.1) is 20.8 Å². The molecule has 8 heteroatoms. The van der Waals surface area contributed by atoms with E-state index in [4.69, 9.17) is 16.3 Å². The molecule has 0 atom stereocenters. The van der Waals surface area contributed by atoms with E-state index in [2.05, 4.69) is 10.3 Å². The van der Waals surface area contributed by atoms with Gasteiger partial charge in [-0.3, -0.25) is 9.59 Å². The monoisotopic (exact) mass is 403 g/mol. The molecular weight excluding hydrogens is 382 g/mol. The van der Waals surface area contributed by atoms with Crippen LogP contribution < -0.4 is 5.32 Å². The molecule has 1 aromatic heterocycles. The summed E-state index contributed by atoms with van der Waals surface area (Å²) in [5.74, 6) is -1.60. The molecule has 0 aliphatic rings. The molecule has 28 heavy (non-hydrogen) atoms. The number of aryl methyl sites for hydroxylation is 3. The number of esters is 1. The fraction of sp³-hybridized carbons (Fsp3) is 0.300. The average molecular weight is 404 g/mol. The second-order valence-corrected chi connectivity index (χ2v) is 6.84. The molecule has 1 heterocycles. The largest absolute Gasteiger partial charge is 0.452 e. The summed E-state index contributed by atoms with van der Waals surface area (Å²) >= 11 is 6.00. The van der Waals surface area contributed by atoms with E-state index in [1.807, 2.05) is 19.1 Å². The Morgan fingerprint density at radius 1 is 1.14 bits per heavy atom. The molecule has 0 saturated heterocycles. The van der Waals surface area contributed by atoms with Gasteiger partial charge >= 0.3 is 5.97 Å². The number of benzene rings is 1. The summed E-state index contributed by atoms with van der Waals surface area (Å²) in [4.78, 5) is 41.6. The van der Waals surface area contributed by atoms with Crippen molar-refractivity contribution in [1.82, 2.24) is 9.88 Å². The number of pyridine rings is 1. The van der Waals surface area contributed by atoms with Gasteiger partial charge in [0.25, 0.3) is 5.91 Å². The first kappa shape index (κ1) is 21.4. The molecule has 2 amide bonds. The number of carbonyl (C=O) groups is 3. The van der Waals surface area contributed by atoms with Crippen LogP contribution in [0.4, 0.5) is 5.69 Å². The van der Waals surface area contributed by atoms with E-state index in [1.54, 1.807) is 32.0 Å². The second-order valence-electron chi connectivity index (χ2n) is 6.49. The number of halogens is 1. The maximum atomic E-state index is 12.2. The highest BCUT2D eigenvalue weighted by atomic mass is 35.5. The number of nitrogens with zero attached hydrogens (tertiary/aromatic N) is 2. The lowest BCUT2D eigenvalue weighted by molar-refractivity contribution is -0.136. The number of hydrogen-bond acceptors (Lipinski definition) is 5. The van der Waals surface area contributed by atoms with Gasteiger partial charge in [0.15, 0.2) is 6.61 Å². The Morgan fingerprint density at radius 3 is 2.39 bits per heavy atom. The maximum absolute atomic E-state index is 12.2. The van der Waals surface area contributed by atoms with Crippen molar-refractivity contribution in [3.05, 3.63) is 57.9 Å². The van der Waals surface area contributed by atoms with Crippen molar-refractivity contribution in [2.45, 2.75) is 20.8 Å². The predicted octanol–water partition coefficient (Wildman–Crippen LogP) is 2.91. The van der Waals surface area contributed by atoms with Crippen LogP contribution in [0.5, 0.6) is 0 Å². The van der Waals surface area contributed by atoms with E-state index in [0.29, 0.717) is 16.9 Å². The van der Waals surface area contributed by atoms with Gasteiger partial charge in [-0.05, 0) is 44.5 Å². The number of rotatable bonds is 6. The molecule has 148 valence electrons. The van der Waals surface area contributed by atoms with Gasteiger partial charge < -0.3 is 15.0 Å². The fourth-order valence-electron chi connectivity index (χ4n) is 2.49. The fourth-order valence-corrected chi connectivity index (χ4v) is 2.85. The third kappa shape index (κ3) is 5.79. The number of amides is 2. The number of aromatic nitrogens is 1. The molecule has 1 N–H and O–H groups in total. The van der Waals surface area contributed by atoms with Gasteiger partial charge in [-0.15, -0.1) is 0 Å². The van der Waals surface area contributed by atoms with Crippen molar-refractivity contribution in [1.29, 1.82) is 0 Å². The van der Waals surface area contributed by atoms with Crippen molar-refractivity contribution in [3.63, 3.8) is 0 Å². The van der Waals surface area contributed by atoms with E-state index in [1.165, 1.54) is 11.9 Å². The molecule has 0 aliphatic heterocycles. The van der Waals surface area contributed by atoms with Crippen molar-refractivity contribution >= 4 is 35.1 Å². The molecule has 0 saturated carbocycles. The highest BCUT2D eigenvalue weighted by Gasteiger charge is 2.20. The van der Waals surface area contributed by atoms with Gasteiger partial charge in [0.05, 0.1) is 12.1 Å². The van der Waals surface area contributed by atoms with E-state index in [0.717, 1.165) is 5.56 Å². The van der Waals surface area contributed by atoms with E-state index < -0.39 is 18.5 Å². The van der Waals surface area contributed by atoms with Crippen LogP contribution in [0.1, 0.15) is 27.2 Å². The molecule has 7 nitrogen and oxygen atoms in total. The Balaban J connectivity index is 1.87. The van der Waals surface area contributed by atoms with Crippen LogP contribution in [0.15, 0.2) is 30.3 Å². The number of anilines is 1. The lowest BCUT2D eigenvalue weighted by Gasteiger charge is -2.17. The van der Waals surface area contributed by atoms with Crippen molar-refractivity contribution in [2.24, 2.45) is 0 Å². The van der Waals surface area contributed by atoms with Crippen LogP contribution in [-0.4, -0.2) is 47.9 Å². The van der Waals surface area contributed by atoms with Gasteiger partial charge in [0.2, 0.25) is 5.91 Å². The summed E-state index contributed by atoms with van der Waals surface area (Å²) in [6, 6.07) is 9.00. The minimum Gasteiger partial charge on any atom is -0.452 e. The topological polar surface area (TPSA) is 88.6 Å². The lowest BCUT2D eigenvalue weighted by atomic mass is 10.1. The summed E-state index contributed by atoms with van der Waals surface area (Å²) < 4.78 is 5.04. The van der Waals surface area contributed by atoms with Crippen LogP contribution in [0.3, 0.4) is 0 Å². The molecule has 0 bridgehead atoms. The first-order chi connectivity index (χ1) is 13.2. The smallest absolute Gasteiger partial charge is 0.342 e. The van der Waals surface area contributed by atoms with Crippen molar-refractivity contribution in [2.75, 3.05) is 25.5 Å². The first-order valence-electron chi connectivity index (χ1n) is 8.58. The molecule has 0 fully saturated rings. The number of likely N-dealkylation sites (N-methyl/N-ethyl adjacent to an activating group) is 1. The first-order valence-corrected chi connectivity index (χ1v) is 8.96. The second kappa shape index (κ2) is 9.32. The number of hydrogen-bond donors (Lipinski definition) is 1. The van der Waals surface area contributed by atoms with E-state index in [9.17, 15) is 14.4 Å². The molecule has 0 unspecified atom stereocenters. The number of ether oxygens (including phenoxy) is 1. The summed E-state index contributed by atoms with van der Waals surface area (Å²) in [5.41, 5.74) is 3.13. The maximum Gasteiger partial charge on any atom is 0.342 e. The zero-order valence-corrected chi connectivity index (χ0v) is 17.0. The quantitative estimate of drug-likeness (QED) is 0.591. The van der Waals surface area contributed by atoms with Gasteiger partial charge in [0.1, 0.15) is 5.15 Å². The highest BCUT2D eigenvalue weighted by molar-refractivity contribution is 6.32. The Bertz CT molecular complexity index is 874. The lowest BCUT2D eigenvalue weighted by Crippen LogP contribution is -2.37. The van der Waals surface area contributed by atoms with E-state index in [-0.39, 0.29) is 23.2 Å². The summed E-state index contributed by atoms with van der Waals surface area (Å²) in [7, 11) is 1.45. The van der Waals surface area contributed by atoms with Gasteiger partial charge in [-0.2, -0.15) is 0 Å². The van der Waals surface area contributed by atoms with Crippen LogP contribution in [0.25, 0.3) is 0 Å². The zero-order chi connectivity index (χ0) is 20.8. The Kier molecular flexibility index (Phi) is 7.12. The summed E-state index contributed by atoms with van der Waals surface area (Å²) in [6.07, 6.45) is 0. The normalized spacial score (nSPS) is 10.3. The minimum atomic E-state index is -0.735. The van der Waals surface area contributed by atoms with Gasteiger partial charge in [0, 0.05) is 18.4 Å². The predicted molar refractivity (Wildman–Crippen MR) is 106 cm³/mol. The van der Waals surface area contributed by atoms with Crippen LogP contribution in [0.2, 0.25) is 5.15 Å². The molecule has 0 aliphatic carbocycles. The van der Waals surface area contributed by atoms with Crippen LogP contribution in [-0.2, 0) is 14.3 Å². The van der Waals surface area contributed by atoms with Crippen molar-refractivity contribution < 1.29 is 19.1 Å². The summed E-state index contributed by atoms with van der Waals surface area (Å²) in [6.45, 7) is 4.74. The average Bonchev–Trinajstić information content (AvgIpc) is 2.60. The molecular formula is C20H22ClN3O4. The standard InChI is InChI=1S/C20H22ClN3O4/c1-12-5-7-15(8-6-12)23-16(25)10-24(4)17(26)11-28-20(27)18-13(2)9-14(3)22-19(18)21/h5-9H,10-11H2,1-4H3,(H,23,25). The Morgan fingerprint density at radius 2 is 1.79 bits per heavy atom. The van der Waals surface area contributed by atoms with Gasteiger partial charge in [-0.1, -0.05) is 29.3 Å². The minimum absolute atomic E-state index is 0.0285. The molecule has 0 spiro atoms. The molecule has 1 aromatic carbocycles. The SMILES string of the molecule is Cc1ccc(NC(=O)CN(C)C(=O)COC(=O)c2c(C)cc(C)nc2Cl)cc1. The molecule has 0 radical (unpaired) electrons. The van der Waals surface area contributed by atoms with Crippen molar-refractivity contribution in [3.8, 4) is 0 Å². The van der Waals surface area contributed by atoms with Crippen LogP contribution >= 0.6 is 11.6 Å². The van der Waals surface area contributed by atoms with Gasteiger partial charge in [-0.25, -0.2) is 9.78 Å². The third-order valence-corrected chi connectivity index (χ3v) is 4.25. The molecule has 2 rings (SSSR count). The highest BCUT2D eigenvalue weighted by Crippen LogP contribution is 2.19. The summed E-state index contributed by atoms with van der Waals surface area (Å²) in [5, 5.41) is 2.73. The zero-order valence-electron chi connectivity index (χ0n) is 16.2. The Labute approximate surface area is 168 Å². The molecule has 2 aromatic rings. The Hall–Kier alpha value is -2.93. The third-order valence-electron chi connectivity index (χ3n) is 3.97. The number of carbonyl (C=O) groups excluding carboxylic acids is 3. The number of nitrogens with one attached hydrogen (secondary N) is 1. The van der Waals surface area contributed by atoms with E-state index >= 15 is 0 Å².